The van der Waals surface area contributed by atoms with Crippen LogP contribution in [0.1, 0.15) is 50.3 Å². The van der Waals surface area contributed by atoms with Gasteiger partial charge in [0.2, 0.25) is 0 Å². The van der Waals surface area contributed by atoms with E-state index in [2.05, 4.69) is 47.0 Å². The zero-order valence-electron chi connectivity index (χ0n) is 13.3. The van der Waals surface area contributed by atoms with Crippen molar-refractivity contribution in [2.45, 2.75) is 45.4 Å². The molecule has 2 rings (SSSR count). The van der Waals surface area contributed by atoms with E-state index >= 15 is 0 Å². The molecule has 1 aromatic heterocycles. The van der Waals surface area contributed by atoms with Crippen molar-refractivity contribution in [2.75, 3.05) is 20.1 Å². The molecule has 1 unspecified atom stereocenters. The molecule has 0 bridgehead atoms. The molecule has 0 amide bonds. The van der Waals surface area contributed by atoms with Crippen LogP contribution < -0.4 is 10.6 Å². The monoisotopic (exact) mass is 421 g/mol. The van der Waals surface area contributed by atoms with Crippen molar-refractivity contribution in [3.8, 4) is 0 Å². The van der Waals surface area contributed by atoms with Gasteiger partial charge in [-0.25, -0.2) is 0 Å². The first kappa shape index (κ1) is 18.7. The van der Waals surface area contributed by atoms with E-state index in [1.807, 2.05) is 18.4 Å². The van der Waals surface area contributed by atoms with E-state index < -0.39 is 0 Å². The first-order chi connectivity index (χ1) is 9.63. The van der Waals surface area contributed by atoms with Gasteiger partial charge in [-0.05, 0) is 29.7 Å². The second kappa shape index (κ2) is 8.98. The van der Waals surface area contributed by atoms with Crippen molar-refractivity contribution < 1.29 is 0 Å². The Kier molecular flexibility index (Phi) is 8.02. The van der Waals surface area contributed by atoms with Crippen molar-refractivity contribution in [3.05, 3.63) is 22.4 Å². The molecular weight excluding hydrogens is 393 g/mol. The van der Waals surface area contributed by atoms with Gasteiger partial charge < -0.3 is 10.6 Å². The third-order valence-electron chi connectivity index (χ3n) is 4.32. The van der Waals surface area contributed by atoms with Gasteiger partial charge in [-0.3, -0.25) is 4.99 Å². The van der Waals surface area contributed by atoms with Crippen LogP contribution in [0.25, 0.3) is 0 Å². The second-order valence-electron chi connectivity index (χ2n) is 6.24. The van der Waals surface area contributed by atoms with E-state index in [-0.39, 0.29) is 24.0 Å². The van der Waals surface area contributed by atoms with Gasteiger partial charge in [-0.1, -0.05) is 32.8 Å². The Hall–Kier alpha value is -0.300. The van der Waals surface area contributed by atoms with Crippen molar-refractivity contribution >= 4 is 41.3 Å². The molecule has 0 radical (unpaired) electrons. The average Bonchev–Trinajstić information content (AvgIpc) is 3.10. The van der Waals surface area contributed by atoms with E-state index in [1.54, 1.807) is 0 Å². The molecule has 120 valence electrons. The number of hydrogen-bond acceptors (Lipinski definition) is 2. The zero-order valence-corrected chi connectivity index (χ0v) is 16.5. The summed E-state index contributed by atoms with van der Waals surface area (Å²) in [7, 11) is 1.85. The smallest absolute Gasteiger partial charge is 0.191 e. The van der Waals surface area contributed by atoms with Crippen LogP contribution in [0.2, 0.25) is 0 Å². The number of nitrogens with zero attached hydrogens (tertiary/aromatic N) is 1. The largest absolute Gasteiger partial charge is 0.356 e. The zero-order chi connectivity index (χ0) is 14.4. The molecule has 1 fully saturated rings. The normalized spacial score (nSPS) is 18.9. The van der Waals surface area contributed by atoms with E-state index in [1.165, 1.54) is 30.6 Å². The summed E-state index contributed by atoms with van der Waals surface area (Å²) in [5.41, 5.74) is 0.455. The molecular formula is C16H28IN3S. The number of aliphatic imine (C=N–C) groups is 1. The maximum atomic E-state index is 4.33. The Morgan fingerprint density at radius 3 is 2.67 bits per heavy atom. The van der Waals surface area contributed by atoms with Gasteiger partial charge in [0, 0.05) is 30.9 Å². The highest BCUT2D eigenvalue weighted by Crippen LogP contribution is 2.36. The summed E-state index contributed by atoms with van der Waals surface area (Å²) in [4.78, 5) is 5.76. The molecule has 5 heteroatoms. The number of thiophene rings is 1. The van der Waals surface area contributed by atoms with Gasteiger partial charge in [-0.2, -0.15) is 0 Å². The predicted molar refractivity (Wildman–Crippen MR) is 104 cm³/mol. The molecule has 21 heavy (non-hydrogen) atoms. The number of rotatable bonds is 5. The molecule has 1 atom stereocenters. The van der Waals surface area contributed by atoms with Crippen LogP contribution in [0.5, 0.6) is 0 Å². The lowest BCUT2D eigenvalue weighted by Gasteiger charge is -2.25. The van der Waals surface area contributed by atoms with E-state index in [0.29, 0.717) is 11.3 Å². The van der Waals surface area contributed by atoms with Gasteiger partial charge in [0.15, 0.2) is 5.96 Å². The first-order valence-electron chi connectivity index (χ1n) is 7.61. The molecule has 2 N–H and O–H groups in total. The van der Waals surface area contributed by atoms with Crippen LogP contribution in [-0.4, -0.2) is 26.1 Å². The van der Waals surface area contributed by atoms with Crippen LogP contribution in [0, 0.1) is 5.41 Å². The second-order valence-corrected chi connectivity index (χ2v) is 7.22. The fraction of sp³-hybridized carbons (Fsp3) is 0.688. The minimum atomic E-state index is 0. The summed E-state index contributed by atoms with van der Waals surface area (Å²) in [5, 5.41) is 9.08. The lowest BCUT2D eigenvalue weighted by atomic mass is 9.89. The van der Waals surface area contributed by atoms with E-state index in [4.69, 9.17) is 0 Å². The SMILES string of the molecule is CN=C(NCC(C)c1cccs1)NCC1(C)CCCC1.I. The summed E-state index contributed by atoms with van der Waals surface area (Å²) in [6.07, 6.45) is 5.42. The van der Waals surface area contributed by atoms with Crippen molar-refractivity contribution in [1.29, 1.82) is 0 Å². The first-order valence-corrected chi connectivity index (χ1v) is 8.49. The Balaban J connectivity index is 0.00000220. The summed E-state index contributed by atoms with van der Waals surface area (Å²) in [5.74, 6) is 1.46. The van der Waals surface area contributed by atoms with Crippen LogP contribution in [0.15, 0.2) is 22.5 Å². The lowest BCUT2D eigenvalue weighted by molar-refractivity contribution is 0.334. The molecule has 1 saturated carbocycles. The highest BCUT2D eigenvalue weighted by Gasteiger charge is 2.28. The third-order valence-corrected chi connectivity index (χ3v) is 5.43. The minimum absolute atomic E-state index is 0. The van der Waals surface area contributed by atoms with Gasteiger partial charge in [-0.15, -0.1) is 35.3 Å². The van der Waals surface area contributed by atoms with Gasteiger partial charge in [0.1, 0.15) is 0 Å². The maximum absolute atomic E-state index is 4.33. The molecule has 1 aromatic rings. The Morgan fingerprint density at radius 2 is 2.10 bits per heavy atom. The molecule has 0 saturated heterocycles. The standard InChI is InChI=1S/C16H27N3S.HI/c1-13(14-7-6-10-20-14)11-18-15(17-3)19-12-16(2)8-4-5-9-16;/h6-7,10,13H,4-5,8-9,11-12H2,1-3H3,(H2,17,18,19);1H. The highest BCUT2D eigenvalue weighted by atomic mass is 127. The fourth-order valence-corrected chi connectivity index (χ4v) is 3.63. The summed E-state index contributed by atoms with van der Waals surface area (Å²) < 4.78 is 0. The Bertz CT molecular complexity index is 425. The molecule has 1 aliphatic rings. The van der Waals surface area contributed by atoms with Crippen LogP contribution in [-0.2, 0) is 0 Å². The molecule has 3 nitrogen and oxygen atoms in total. The number of nitrogens with one attached hydrogen (secondary N) is 2. The predicted octanol–water partition coefficient (Wildman–Crippen LogP) is 4.21. The molecule has 1 heterocycles. The highest BCUT2D eigenvalue weighted by molar-refractivity contribution is 14.0. The van der Waals surface area contributed by atoms with Gasteiger partial charge >= 0.3 is 0 Å². The lowest BCUT2D eigenvalue weighted by Crippen LogP contribution is -2.43. The van der Waals surface area contributed by atoms with Crippen molar-refractivity contribution in [3.63, 3.8) is 0 Å². The van der Waals surface area contributed by atoms with Crippen LogP contribution in [0.3, 0.4) is 0 Å². The Labute approximate surface area is 150 Å². The Morgan fingerprint density at radius 1 is 1.38 bits per heavy atom. The van der Waals surface area contributed by atoms with Gasteiger partial charge in [0.05, 0.1) is 0 Å². The maximum Gasteiger partial charge on any atom is 0.191 e. The minimum Gasteiger partial charge on any atom is -0.356 e. The van der Waals surface area contributed by atoms with Crippen LogP contribution in [0.4, 0.5) is 0 Å². The number of hydrogen-bond donors (Lipinski definition) is 2. The molecule has 0 aliphatic heterocycles. The molecule has 0 aromatic carbocycles. The van der Waals surface area contributed by atoms with Crippen LogP contribution >= 0.6 is 35.3 Å². The molecule has 0 spiro atoms. The van der Waals surface area contributed by atoms with Crippen molar-refractivity contribution in [1.82, 2.24) is 10.6 Å². The van der Waals surface area contributed by atoms with E-state index in [9.17, 15) is 0 Å². The summed E-state index contributed by atoms with van der Waals surface area (Å²) >= 11 is 1.82. The summed E-state index contributed by atoms with van der Waals surface area (Å²) in [6.45, 7) is 6.59. The summed E-state index contributed by atoms with van der Waals surface area (Å²) in [6, 6.07) is 4.32. The third kappa shape index (κ3) is 5.77. The quantitative estimate of drug-likeness (QED) is 0.425. The van der Waals surface area contributed by atoms with Gasteiger partial charge in [0.25, 0.3) is 0 Å². The average molecular weight is 421 g/mol. The fourth-order valence-electron chi connectivity index (χ4n) is 2.85. The number of guanidine groups is 1. The number of halogens is 1. The molecule has 1 aliphatic carbocycles. The van der Waals surface area contributed by atoms with Crippen molar-refractivity contribution in [2.24, 2.45) is 10.4 Å². The topological polar surface area (TPSA) is 36.4 Å². The van der Waals surface area contributed by atoms with E-state index in [0.717, 1.165) is 19.0 Å².